The van der Waals surface area contributed by atoms with Crippen LogP contribution in [0.1, 0.15) is 12.5 Å². The first-order chi connectivity index (χ1) is 7.97. The van der Waals surface area contributed by atoms with Gasteiger partial charge in [0.25, 0.3) is 0 Å². The van der Waals surface area contributed by atoms with Crippen LogP contribution in [0.5, 0.6) is 0 Å². The molecule has 0 heterocycles. The molecule has 1 rings (SSSR count). The molecule has 0 aliphatic heterocycles. The molecule has 1 nitrogen and oxygen atoms in total. The van der Waals surface area contributed by atoms with E-state index < -0.39 is 6.18 Å². The lowest BCUT2D eigenvalue weighted by Crippen LogP contribution is -2.06. The van der Waals surface area contributed by atoms with Crippen molar-refractivity contribution in [2.24, 2.45) is 5.92 Å². The number of ether oxygens (including phenoxy) is 1. The lowest BCUT2D eigenvalue weighted by molar-refractivity contribution is -0.0803. The van der Waals surface area contributed by atoms with Gasteiger partial charge in [-0.05, 0) is 11.5 Å². The molecule has 0 fully saturated rings. The summed E-state index contributed by atoms with van der Waals surface area (Å²) in [5.74, 6) is -0.250. The molecule has 1 aromatic carbocycles. The summed E-state index contributed by atoms with van der Waals surface area (Å²) in [7, 11) is 0. The van der Waals surface area contributed by atoms with E-state index in [1.165, 1.54) is 0 Å². The van der Waals surface area contributed by atoms with Crippen LogP contribution in [0.2, 0.25) is 0 Å². The number of benzene rings is 1. The van der Waals surface area contributed by atoms with Gasteiger partial charge < -0.3 is 4.74 Å². The Hall–Kier alpha value is -1.29. The molecule has 17 heavy (non-hydrogen) atoms. The molecule has 0 spiro atoms. The Morgan fingerprint density at radius 2 is 1.88 bits per heavy atom. The summed E-state index contributed by atoms with van der Waals surface area (Å²) in [5.41, 5.74) is 1.01. The summed E-state index contributed by atoms with van der Waals surface area (Å²) in [6, 6.07) is 9.52. The zero-order valence-corrected chi connectivity index (χ0v) is 9.58. The van der Waals surface area contributed by atoms with Crippen molar-refractivity contribution in [3.05, 3.63) is 48.0 Å². The van der Waals surface area contributed by atoms with Crippen LogP contribution in [-0.2, 0) is 11.3 Å². The summed E-state index contributed by atoms with van der Waals surface area (Å²) in [6.07, 6.45) is -2.87. The van der Waals surface area contributed by atoms with Crippen LogP contribution in [0, 0.1) is 5.92 Å². The summed E-state index contributed by atoms with van der Waals surface area (Å²) >= 11 is 0. The Kier molecular flexibility index (Phi) is 5.22. The van der Waals surface area contributed by atoms with Crippen molar-refractivity contribution < 1.29 is 17.9 Å². The van der Waals surface area contributed by atoms with Gasteiger partial charge >= 0.3 is 6.18 Å². The maximum Gasteiger partial charge on any atom is 0.409 e. The molecular weight excluding hydrogens is 229 g/mol. The minimum absolute atomic E-state index is 0.250. The second-order valence-electron chi connectivity index (χ2n) is 3.88. The fourth-order valence-electron chi connectivity index (χ4n) is 1.27. The fourth-order valence-corrected chi connectivity index (χ4v) is 1.27. The molecule has 1 aromatic rings. The maximum atomic E-state index is 11.9. The third kappa shape index (κ3) is 6.79. The monoisotopic (exact) mass is 244 g/mol. The molecule has 0 aliphatic carbocycles. The lowest BCUT2D eigenvalue weighted by Gasteiger charge is -2.08. The van der Waals surface area contributed by atoms with Crippen LogP contribution in [0.25, 0.3) is 0 Å². The van der Waals surface area contributed by atoms with Gasteiger partial charge in [0.05, 0.1) is 13.2 Å². The van der Waals surface area contributed by atoms with Crippen LogP contribution in [0.4, 0.5) is 13.2 Å². The predicted octanol–water partition coefficient (Wildman–Crippen LogP) is 3.96. The molecule has 0 saturated heterocycles. The van der Waals surface area contributed by atoms with Gasteiger partial charge in [0.2, 0.25) is 0 Å². The molecule has 0 bridgehead atoms. The fraction of sp³-hybridized carbons (Fsp3) is 0.385. The topological polar surface area (TPSA) is 9.23 Å². The van der Waals surface area contributed by atoms with Crippen molar-refractivity contribution in [1.29, 1.82) is 0 Å². The van der Waals surface area contributed by atoms with E-state index in [0.717, 1.165) is 11.6 Å². The molecule has 4 heteroatoms. The number of halogens is 3. The average Bonchev–Trinajstić information content (AvgIpc) is 2.27. The second kappa shape index (κ2) is 6.45. The van der Waals surface area contributed by atoms with Crippen molar-refractivity contribution in [1.82, 2.24) is 0 Å². The zero-order valence-electron chi connectivity index (χ0n) is 9.58. The van der Waals surface area contributed by atoms with Crippen LogP contribution in [-0.4, -0.2) is 12.8 Å². The van der Waals surface area contributed by atoms with Crippen molar-refractivity contribution in [3.63, 3.8) is 0 Å². The van der Waals surface area contributed by atoms with Crippen LogP contribution < -0.4 is 0 Å². The Labute approximate surface area is 98.9 Å². The van der Waals surface area contributed by atoms with Gasteiger partial charge in [0, 0.05) is 6.08 Å². The van der Waals surface area contributed by atoms with E-state index >= 15 is 0 Å². The van der Waals surface area contributed by atoms with E-state index in [2.05, 4.69) is 0 Å². The summed E-state index contributed by atoms with van der Waals surface area (Å²) in [4.78, 5) is 0. The normalized spacial score (nSPS) is 14.1. The van der Waals surface area contributed by atoms with Crippen molar-refractivity contribution in [2.45, 2.75) is 19.7 Å². The number of alkyl halides is 3. The van der Waals surface area contributed by atoms with Crippen LogP contribution in [0.15, 0.2) is 42.5 Å². The smallest absolute Gasteiger partial charge is 0.376 e. The second-order valence-corrected chi connectivity index (χ2v) is 3.88. The maximum absolute atomic E-state index is 11.9. The van der Waals surface area contributed by atoms with Gasteiger partial charge in [-0.25, -0.2) is 0 Å². The first-order valence-corrected chi connectivity index (χ1v) is 5.35. The van der Waals surface area contributed by atoms with E-state index in [0.29, 0.717) is 6.61 Å². The highest BCUT2D eigenvalue weighted by molar-refractivity contribution is 5.13. The molecule has 0 radical (unpaired) electrons. The van der Waals surface area contributed by atoms with Gasteiger partial charge in [0.15, 0.2) is 0 Å². The first kappa shape index (κ1) is 13.8. The van der Waals surface area contributed by atoms with Crippen LogP contribution in [0.3, 0.4) is 0 Å². The molecular formula is C13H15F3O. The Morgan fingerprint density at radius 1 is 1.24 bits per heavy atom. The van der Waals surface area contributed by atoms with E-state index in [1.54, 1.807) is 6.92 Å². The third-order valence-electron chi connectivity index (χ3n) is 2.11. The van der Waals surface area contributed by atoms with Gasteiger partial charge in [-0.3, -0.25) is 0 Å². The van der Waals surface area contributed by atoms with Gasteiger partial charge in [-0.2, -0.15) is 13.2 Å². The standard InChI is InChI=1S/C13H15F3O/c1-11(7-8-13(14,15)16)9-17-10-12-5-3-2-4-6-12/h2-8,11H,9-10H2,1H3. The van der Waals surface area contributed by atoms with Crippen molar-refractivity contribution in [2.75, 3.05) is 6.61 Å². The summed E-state index contributed by atoms with van der Waals surface area (Å²) < 4.78 is 41.0. The molecule has 0 N–H and O–H groups in total. The Morgan fingerprint density at radius 3 is 2.47 bits per heavy atom. The number of allylic oxidation sites excluding steroid dienone is 1. The average molecular weight is 244 g/mol. The Bertz CT molecular complexity index is 343. The van der Waals surface area contributed by atoms with Crippen molar-refractivity contribution in [3.8, 4) is 0 Å². The van der Waals surface area contributed by atoms with E-state index in [4.69, 9.17) is 4.74 Å². The minimum atomic E-state index is -4.24. The van der Waals surface area contributed by atoms with E-state index in [-0.39, 0.29) is 18.6 Å². The van der Waals surface area contributed by atoms with Crippen molar-refractivity contribution >= 4 is 0 Å². The van der Waals surface area contributed by atoms with E-state index in [9.17, 15) is 13.2 Å². The molecule has 1 unspecified atom stereocenters. The lowest BCUT2D eigenvalue weighted by atomic mass is 10.2. The summed E-state index contributed by atoms with van der Waals surface area (Å²) in [5, 5.41) is 0. The highest BCUT2D eigenvalue weighted by Crippen LogP contribution is 2.17. The highest BCUT2D eigenvalue weighted by Gasteiger charge is 2.22. The largest absolute Gasteiger partial charge is 0.409 e. The molecule has 0 aromatic heterocycles. The zero-order chi connectivity index (χ0) is 12.7. The van der Waals surface area contributed by atoms with Gasteiger partial charge in [-0.15, -0.1) is 0 Å². The molecule has 1 atom stereocenters. The molecule has 0 aliphatic rings. The number of rotatable bonds is 5. The Balaban J connectivity index is 2.25. The predicted molar refractivity (Wildman–Crippen MR) is 60.5 cm³/mol. The molecule has 94 valence electrons. The SMILES string of the molecule is CC(C=CC(F)(F)F)COCc1ccccc1. The van der Waals surface area contributed by atoms with Crippen LogP contribution >= 0.6 is 0 Å². The third-order valence-corrected chi connectivity index (χ3v) is 2.11. The first-order valence-electron chi connectivity index (χ1n) is 5.35. The highest BCUT2D eigenvalue weighted by atomic mass is 19.4. The minimum Gasteiger partial charge on any atom is -0.376 e. The molecule has 0 amide bonds. The summed E-state index contributed by atoms with van der Waals surface area (Å²) in [6.45, 7) is 2.39. The van der Waals surface area contributed by atoms with E-state index in [1.807, 2.05) is 30.3 Å². The van der Waals surface area contributed by atoms with Gasteiger partial charge in [0.1, 0.15) is 0 Å². The molecule has 0 saturated carbocycles. The number of hydrogen-bond acceptors (Lipinski definition) is 1. The van der Waals surface area contributed by atoms with Gasteiger partial charge in [-0.1, -0.05) is 43.3 Å². The number of hydrogen-bond donors (Lipinski definition) is 0. The quantitative estimate of drug-likeness (QED) is 0.712.